The average molecular weight is 195 g/mol. The summed E-state index contributed by atoms with van der Waals surface area (Å²) in [5.74, 6) is 0.733. The average Bonchev–Trinajstić information content (AvgIpc) is 2.71. The van der Waals surface area contributed by atoms with Crippen molar-refractivity contribution in [2.45, 2.75) is 51.5 Å². The highest BCUT2D eigenvalue weighted by atomic mass is 16.1. The molecule has 0 aromatic heterocycles. The molecule has 1 atom stereocenters. The maximum absolute atomic E-state index is 11.3. The Labute approximate surface area is 86.7 Å². The first-order chi connectivity index (χ1) is 6.77. The first kappa shape index (κ1) is 10.2. The second kappa shape index (κ2) is 4.43. The first-order valence-electron chi connectivity index (χ1n) is 6.02. The van der Waals surface area contributed by atoms with Gasteiger partial charge in [0.05, 0.1) is 0 Å². The largest absolute Gasteiger partial charge is 0.300 e. The van der Waals surface area contributed by atoms with Crippen LogP contribution in [0.2, 0.25) is 0 Å². The highest BCUT2D eigenvalue weighted by Gasteiger charge is 2.29. The van der Waals surface area contributed by atoms with Gasteiger partial charge in [-0.05, 0) is 39.2 Å². The van der Waals surface area contributed by atoms with E-state index >= 15 is 0 Å². The quantitative estimate of drug-likeness (QED) is 0.673. The van der Waals surface area contributed by atoms with Crippen LogP contribution in [0.4, 0.5) is 0 Å². The van der Waals surface area contributed by atoms with E-state index in [0.717, 1.165) is 19.0 Å². The molecular weight excluding hydrogens is 174 g/mol. The summed E-state index contributed by atoms with van der Waals surface area (Å²) in [6.45, 7) is 4.03. The minimum absolute atomic E-state index is 0.337. The van der Waals surface area contributed by atoms with Crippen molar-refractivity contribution in [2.75, 3.05) is 13.1 Å². The van der Waals surface area contributed by atoms with Crippen LogP contribution in [0.1, 0.15) is 45.4 Å². The molecule has 2 rings (SSSR count). The Hall–Kier alpha value is -0.370. The number of carbonyl (C=O) groups is 1. The number of hydrogen-bond donors (Lipinski definition) is 0. The maximum Gasteiger partial charge on any atom is 0.134 e. The van der Waals surface area contributed by atoms with Crippen LogP contribution in [0.25, 0.3) is 0 Å². The summed E-state index contributed by atoms with van der Waals surface area (Å²) in [5, 5.41) is 0. The van der Waals surface area contributed by atoms with Crippen LogP contribution >= 0.6 is 0 Å². The second-order valence-corrected chi connectivity index (χ2v) is 4.88. The van der Waals surface area contributed by atoms with Crippen molar-refractivity contribution in [3.63, 3.8) is 0 Å². The van der Waals surface area contributed by atoms with Crippen LogP contribution in [0, 0.1) is 5.92 Å². The summed E-state index contributed by atoms with van der Waals surface area (Å²) in [6, 6.07) is 0.803. The topological polar surface area (TPSA) is 20.3 Å². The monoisotopic (exact) mass is 195 g/mol. The predicted molar refractivity (Wildman–Crippen MR) is 57.2 cm³/mol. The molecule has 2 heteroatoms. The minimum Gasteiger partial charge on any atom is -0.300 e. The third-order valence-corrected chi connectivity index (χ3v) is 3.87. The van der Waals surface area contributed by atoms with Gasteiger partial charge in [0.15, 0.2) is 0 Å². The molecule has 0 spiro atoms. The molecule has 2 fully saturated rings. The predicted octanol–water partition coefficient (Wildman–Crippen LogP) is 2.23. The van der Waals surface area contributed by atoms with Gasteiger partial charge in [0.2, 0.25) is 0 Å². The van der Waals surface area contributed by atoms with Gasteiger partial charge in [0, 0.05) is 18.5 Å². The molecule has 0 amide bonds. The lowest BCUT2D eigenvalue weighted by molar-refractivity contribution is -0.122. The number of nitrogens with zero attached hydrogens (tertiary/aromatic N) is 1. The molecule has 1 aliphatic carbocycles. The van der Waals surface area contributed by atoms with Gasteiger partial charge in [-0.2, -0.15) is 0 Å². The fraction of sp³-hybridized carbons (Fsp3) is 0.917. The van der Waals surface area contributed by atoms with E-state index in [9.17, 15) is 4.79 Å². The van der Waals surface area contributed by atoms with Crippen molar-refractivity contribution >= 4 is 5.78 Å². The van der Waals surface area contributed by atoms with E-state index in [-0.39, 0.29) is 0 Å². The summed E-state index contributed by atoms with van der Waals surface area (Å²) in [7, 11) is 0. The molecule has 1 aliphatic heterocycles. The van der Waals surface area contributed by atoms with E-state index in [2.05, 4.69) is 4.90 Å². The van der Waals surface area contributed by atoms with E-state index in [1.54, 1.807) is 6.92 Å². The summed E-state index contributed by atoms with van der Waals surface area (Å²) in [4.78, 5) is 13.9. The van der Waals surface area contributed by atoms with Crippen LogP contribution in [0.3, 0.4) is 0 Å². The van der Waals surface area contributed by atoms with Crippen LogP contribution in [0.15, 0.2) is 0 Å². The molecule has 2 nitrogen and oxygen atoms in total. The second-order valence-electron chi connectivity index (χ2n) is 4.88. The molecule has 14 heavy (non-hydrogen) atoms. The molecule has 0 bridgehead atoms. The van der Waals surface area contributed by atoms with Gasteiger partial charge >= 0.3 is 0 Å². The molecule has 1 saturated carbocycles. The van der Waals surface area contributed by atoms with Crippen molar-refractivity contribution in [3.05, 3.63) is 0 Å². The van der Waals surface area contributed by atoms with E-state index in [0.29, 0.717) is 11.7 Å². The fourth-order valence-electron chi connectivity index (χ4n) is 2.94. The van der Waals surface area contributed by atoms with E-state index in [1.165, 1.54) is 38.6 Å². The van der Waals surface area contributed by atoms with Crippen molar-refractivity contribution in [1.29, 1.82) is 0 Å². The Balaban J connectivity index is 1.89. The Kier molecular flexibility index (Phi) is 3.22. The van der Waals surface area contributed by atoms with Gasteiger partial charge in [-0.15, -0.1) is 0 Å². The smallest absolute Gasteiger partial charge is 0.134 e. The van der Waals surface area contributed by atoms with Crippen LogP contribution < -0.4 is 0 Å². The van der Waals surface area contributed by atoms with Gasteiger partial charge in [0.25, 0.3) is 0 Å². The number of rotatable bonds is 2. The third kappa shape index (κ3) is 2.17. The summed E-state index contributed by atoms with van der Waals surface area (Å²) >= 11 is 0. The molecule has 0 radical (unpaired) electrons. The van der Waals surface area contributed by atoms with Gasteiger partial charge < -0.3 is 0 Å². The number of ketones is 1. The number of likely N-dealkylation sites (tertiary alicyclic amines) is 1. The van der Waals surface area contributed by atoms with Crippen molar-refractivity contribution in [3.8, 4) is 0 Å². The number of hydrogen-bond acceptors (Lipinski definition) is 2. The lowest BCUT2D eigenvalue weighted by Gasteiger charge is -2.35. The SMILES string of the molecule is CC(=O)C1CCCN(C2CCCC2)C1. The zero-order valence-electron chi connectivity index (χ0n) is 9.17. The maximum atomic E-state index is 11.3. The standard InChI is InChI=1S/C12H21NO/c1-10(14)11-5-4-8-13(9-11)12-6-2-3-7-12/h11-12H,2-9H2,1H3. The van der Waals surface area contributed by atoms with Crippen LogP contribution in [-0.2, 0) is 4.79 Å². The molecule has 1 heterocycles. The van der Waals surface area contributed by atoms with Crippen molar-refractivity contribution in [2.24, 2.45) is 5.92 Å². The van der Waals surface area contributed by atoms with Gasteiger partial charge in [-0.1, -0.05) is 12.8 Å². The summed E-state index contributed by atoms with van der Waals surface area (Å²) in [5.41, 5.74) is 0. The lowest BCUT2D eigenvalue weighted by Crippen LogP contribution is -2.43. The molecule has 80 valence electrons. The fourth-order valence-corrected chi connectivity index (χ4v) is 2.94. The molecule has 0 N–H and O–H groups in total. The summed E-state index contributed by atoms with van der Waals surface area (Å²) in [6.07, 6.45) is 7.87. The molecule has 1 saturated heterocycles. The Bertz CT molecular complexity index is 208. The highest BCUT2D eigenvalue weighted by Crippen LogP contribution is 2.27. The zero-order chi connectivity index (χ0) is 9.97. The van der Waals surface area contributed by atoms with Gasteiger partial charge in [0.1, 0.15) is 5.78 Å². The molecule has 0 aromatic carbocycles. The van der Waals surface area contributed by atoms with Crippen LogP contribution in [0.5, 0.6) is 0 Å². The normalized spacial score (nSPS) is 30.8. The molecular formula is C12H21NO. The summed E-state index contributed by atoms with van der Waals surface area (Å²) < 4.78 is 0. The van der Waals surface area contributed by atoms with E-state index < -0.39 is 0 Å². The van der Waals surface area contributed by atoms with E-state index in [4.69, 9.17) is 0 Å². The number of carbonyl (C=O) groups excluding carboxylic acids is 1. The Morgan fingerprint density at radius 2 is 1.86 bits per heavy atom. The molecule has 2 aliphatic rings. The van der Waals surface area contributed by atoms with Crippen molar-refractivity contribution < 1.29 is 4.79 Å². The Morgan fingerprint density at radius 1 is 1.14 bits per heavy atom. The van der Waals surface area contributed by atoms with Gasteiger partial charge in [-0.25, -0.2) is 0 Å². The van der Waals surface area contributed by atoms with Crippen LogP contribution in [-0.4, -0.2) is 29.8 Å². The minimum atomic E-state index is 0.337. The zero-order valence-corrected chi connectivity index (χ0v) is 9.17. The lowest BCUT2D eigenvalue weighted by atomic mass is 9.93. The first-order valence-corrected chi connectivity index (χ1v) is 6.02. The molecule has 1 unspecified atom stereocenters. The van der Waals surface area contributed by atoms with Gasteiger partial charge in [-0.3, -0.25) is 9.69 Å². The third-order valence-electron chi connectivity index (χ3n) is 3.87. The van der Waals surface area contributed by atoms with E-state index in [1.807, 2.05) is 0 Å². The molecule has 0 aromatic rings. The number of Topliss-reactive ketones (excluding diaryl/α,β-unsaturated/α-hetero) is 1. The number of piperidine rings is 1. The highest BCUT2D eigenvalue weighted by molar-refractivity contribution is 5.78. The van der Waals surface area contributed by atoms with Crippen molar-refractivity contribution in [1.82, 2.24) is 4.90 Å². The Morgan fingerprint density at radius 3 is 2.50 bits per heavy atom.